The van der Waals surface area contributed by atoms with E-state index in [2.05, 4.69) is 21.2 Å². The maximum absolute atomic E-state index is 13.3. The highest BCUT2D eigenvalue weighted by atomic mass is 79.9. The van der Waals surface area contributed by atoms with Crippen molar-refractivity contribution in [1.82, 2.24) is 10.2 Å². The van der Waals surface area contributed by atoms with Crippen LogP contribution < -0.4 is 10.1 Å². The molecule has 0 bridgehead atoms. The van der Waals surface area contributed by atoms with Crippen LogP contribution in [0, 0.1) is 5.82 Å². The highest BCUT2D eigenvalue weighted by molar-refractivity contribution is 9.10. The minimum absolute atomic E-state index is 0.145. The largest absolute Gasteiger partial charge is 0.482 e. The summed E-state index contributed by atoms with van der Waals surface area (Å²) in [7, 11) is 0. The van der Waals surface area contributed by atoms with Crippen molar-refractivity contribution in [1.29, 1.82) is 0 Å². The number of ether oxygens (including phenoxy) is 1. The van der Waals surface area contributed by atoms with Crippen molar-refractivity contribution in [2.45, 2.75) is 52.2 Å². The van der Waals surface area contributed by atoms with Gasteiger partial charge >= 0.3 is 0 Å². The van der Waals surface area contributed by atoms with Crippen molar-refractivity contribution in [3.05, 3.63) is 63.3 Å². The van der Waals surface area contributed by atoms with E-state index >= 15 is 0 Å². The molecule has 0 aliphatic carbocycles. The van der Waals surface area contributed by atoms with Crippen molar-refractivity contribution >= 4 is 39.3 Å². The summed E-state index contributed by atoms with van der Waals surface area (Å²) in [6, 6.07) is 10.2. The summed E-state index contributed by atoms with van der Waals surface area (Å²) in [6.07, 6.45) is 0.411. The smallest absolute Gasteiger partial charge is 0.261 e. The molecular formula is C23H27BrClFN2O3. The van der Waals surface area contributed by atoms with Crippen LogP contribution in [0.4, 0.5) is 4.39 Å². The molecule has 0 heterocycles. The number of carbonyl (C=O) groups excluding carboxylic acids is 2. The number of hydrogen-bond donors (Lipinski definition) is 1. The second-order valence-electron chi connectivity index (χ2n) is 8.17. The third-order valence-electron chi connectivity index (χ3n) is 4.40. The van der Waals surface area contributed by atoms with Crippen molar-refractivity contribution in [3.8, 4) is 5.75 Å². The van der Waals surface area contributed by atoms with E-state index in [1.54, 1.807) is 30.3 Å². The van der Waals surface area contributed by atoms with Crippen molar-refractivity contribution < 1.29 is 18.7 Å². The molecule has 0 unspecified atom stereocenters. The zero-order chi connectivity index (χ0) is 23.2. The van der Waals surface area contributed by atoms with Crippen molar-refractivity contribution in [2.24, 2.45) is 0 Å². The minimum atomic E-state index is -0.708. The Balaban J connectivity index is 2.24. The van der Waals surface area contributed by atoms with Crippen molar-refractivity contribution in [2.75, 3.05) is 6.61 Å². The van der Waals surface area contributed by atoms with Gasteiger partial charge in [0.2, 0.25) is 5.91 Å². The Morgan fingerprint density at radius 2 is 1.84 bits per heavy atom. The first-order chi connectivity index (χ1) is 14.5. The standard InChI is InChI=1S/C23H27BrClFN2O3/c1-5-19(22(30)27-23(2,3)4)28(13-15-6-9-17(26)10-7-15)21(29)14-31-20-11-8-16(24)12-18(20)25/h6-12,19H,5,13-14H2,1-4H3,(H,27,30)/t19-/m0/s1. The molecule has 31 heavy (non-hydrogen) atoms. The monoisotopic (exact) mass is 512 g/mol. The van der Waals surface area contributed by atoms with E-state index in [1.165, 1.54) is 17.0 Å². The number of nitrogens with zero attached hydrogens (tertiary/aromatic N) is 1. The van der Waals surface area contributed by atoms with Crippen LogP contribution in [0.1, 0.15) is 39.7 Å². The lowest BCUT2D eigenvalue weighted by molar-refractivity contribution is -0.143. The first-order valence-electron chi connectivity index (χ1n) is 9.94. The van der Waals surface area contributed by atoms with Gasteiger partial charge in [-0.05, 0) is 63.1 Å². The summed E-state index contributed by atoms with van der Waals surface area (Å²) in [5.41, 5.74) is 0.259. The number of hydrogen-bond acceptors (Lipinski definition) is 3. The zero-order valence-corrected chi connectivity index (χ0v) is 20.4. The van der Waals surface area contributed by atoms with Gasteiger partial charge in [0.05, 0.1) is 5.02 Å². The average Bonchev–Trinajstić information content (AvgIpc) is 2.67. The first kappa shape index (κ1) is 25.1. The Morgan fingerprint density at radius 3 is 2.39 bits per heavy atom. The summed E-state index contributed by atoms with van der Waals surface area (Å²) >= 11 is 9.49. The third-order valence-corrected chi connectivity index (χ3v) is 5.18. The lowest BCUT2D eigenvalue weighted by Crippen LogP contribution is -2.54. The topological polar surface area (TPSA) is 58.6 Å². The molecule has 0 saturated heterocycles. The highest BCUT2D eigenvalue weighted by Gasteiger charge is 2.31. The second-order valence-corrected chi connectivity index (χ2v) is 9.50. The molecule has 168 valence electrons. The van der Waals surface area contributed by atoms with Gasteiger partial charge in [-0.3, -0.25) is 9.59 Å². The van der Waals surface area contributed by atoms with Gasteiger partial charge in [0.25, 0.3) is 5.91 Å². The normalized spacial score (nSPS) is 12.2. The average molecular weight is 514 g/mol. The molecule has 2 amide bonds. The van der Waals surface area contributed by atoms with Gasteiger partial charge in [-0.2, -0.15) is 0 Å². The lowest BCUT2D eigenvalue weighted by Gasteiger charge is -2.33. The zero-order valence-electron chi connectivity index (χ0n) is 18.0. The van der Waals surface area contributed by atoms with Gasteiger partial charge in [-0.1, -0.05) is 46.6 Å². The summed E-state index contributed by atoms with van der Waals surface area (Å²) in [5, 5.41) is 3.30. The summed E-state index contributed by atoms with van der Waals surface area (Å²) < 4.78 is 19.7. The summed E-state index contributed by atoms with van der Waals surface area (Å²) in [6.45, 7) is 7.33. The molecule has 0 fully saturated rings. The van der Waals surface area contributed by atoms with Crippen LogP contribution in [0.25, 0.3) is 0 Å². The number of rotatable bonds is 8. The molecule has 0 radical (unpaired) electrons. The number of benzene rings is 2. The second kappa shape index (κ2) is 11.0. The van der Waals surface area contributed by atoms with E-state index in [0.29, 0.717) is 22.8 Å². The van der Waals surface area contributed by atoms with Crippen molar-refractivity contribution in [3.63, 3.8) is 0 Å². The molecule has 0 spiro atoms. The quantitative estimate of drug-likeness (QED) is 0.518. The SMILES string of the molecule is CC[C@@H](C(=O)NC(C)(C)C)N(Cc1ccc(F)cc1)C(=O)COc1ccc(Br)cc1Cl. The summed E-state index contributed by atoms with van der Waals surface area (Å²) in [5.74, 6) is -0.633. The molecule has 2 aromatic carbocycles. The molecule has 0 saturated carbocycles. The molecule has 5 nitrogen and oxygen atoms in total. The molecule has 0 aromatic heterocycles. The number of carbonyl (C=O) groups is 2. The lowest BCUT2D eigenvalue weighted by atomic mass is 10.1. The van der Waals surface area contributed by atoms with Gasteiger partial charge < -0.3 is 15.0 Å². The fourth-order valence-corrected chi connectivity index (χ4v) is 3.70. The Hall–Kier alpha value is -2.12. The molecule has 1 N–H and O–H groups in total. The predicted octanol–water partition coefficient (Wildman–Crippen LogP) is 5.34. The van der Waals surface area contributed by atoms with E-state index in [4.69, 9.17) is 16.3 Å². The fraction of sp³-hybridized carbons (Fsp3) is 0.391. The number of halogens is 3. The number of nitrogens with one attached hydrogen (secondary N) is 1. The van der Waals surface area contributed by atoms with Gasteiger partial charge in [-0.15, -0.1) is 0 Å². The minimum Gasteiger partial charge on any atom is -0.482 e. The van der Waals surface area contributed by atoms with Gasteiger partial charge in [-0.25, -0.2) is 4.39 Å². The maximum Gasteiger partial charge on any atom is 0.261 e. The molecule has 1 atom stereocenters. The van der Waals surface area contributed by atoms with E-state index in [-0.39, 0.29) is 30.8 Å². The Kier molecular flexibility index (Phi) is 8.89. The van der Waals surface area contributed by atoms with Crippen LogP contribution in [0.2, 0.25) is 5.02 Å². The Labute approximate surface area is 196 Å². The van der Waals surface area contributed by atoms with E-state index in [1.807, 2.05) is 27.7 Å². The Morgan fingerprint density at radius 1 is 1.19 bits per heavy atom. The first-order valence-corrected chi connectivity index (χ1v) is 11.1. The molecule has 8 heteroatoms. The van der Waals surface area contributed by atoms with Crippen LogP contribution >= 0.6 is 27.5 Å². The molecule has 0 aliphatic rings. The maximum atomic E-state index is 13.3. The van der Waals surface area contributed by atoms with Gasteiger partial charge in [0, 0.05) is 16.6 Å². The highest BCUT2D eigenvalue weighted by Crippen LogP contribution is 2.28. The summed E-state index contributed by atoms with van der Waals surface area (Å²) in [4.78, 5) is 27.5. The molecular weight excluding hydrogens is 487 g/mol. The Bertz CT molecular complexity index is 916. The van der Waals surface area contributed by atoms with E-state index < -0.39 is 11.6 Å². The predicted molar refractivity (Wildman–Crippen MR) is 124 cm³/mol. The third kappa shape index (κ3) is 7.82. The van der Waals surface area contributed by atoms with Crippen LogP contribution in [0.15, 0.2) is 46.9 Å². The molecule has 0 aliphatic heterocycles. The molecule has 2 aromatic rings. The van der Waals surface area contributed by atoms with Crippen LogP contribution in [0.3, 0.4) is 0 Å². The van der Waals surface area contributed by atoms with Crippen LogP contribution in [0.5, 0.6) is 5.75 Å². The van der Waals surface area contributed by atoms with E-state index in [0.717, 1.165) is 4.47 Å². The van der Waals surface area contributed by atoms with Gasteiger partial charge in [0.15, 0.2) is 6.61 Å². The number of amides is 2. The molecule has 2 rings (SSSR count). The van der Waals surface area contributed by atoms with Gasteiger partial charge in [0.1, 0.15) is 17.6 Å². The van der Waals surface area contributed by atoms with Crippen LogP contribution in [-0.4, -0.2) is 34.9 Å². The van der Waals surface area contributed by atoms with E-state index in [9.17, 15) is 14.0 Å². The fourth-order valence-electron chi connectivity index (χ4n) is 2.97. The van der Waals surface area contributed by atoms with Crippen LogP contribution in [-0.2, 0) is 16.1 Å².